The number of carbonyl (C=O) groups excluding carboxylic acids is 2. The maximum Gasteiger partial charge on any atom is 0.324 e. The summed E-state index contributed by atoms with van der Waals surface area (Å²) in [5.74, 6) is -0.0973. The molecule has 150 valence electrons. The zero-order valence-electron chi connectivity index (χ0n) is 16.1. The molecule has 0 atom stereocenters. The van der Waals surface area contributed by atoms with E-state index in [0.717, 1.165) is 44.8 Å². The molecule has 8 heteroatoms. The van der Waals surface area contributed by atoms with Gasteiger partial charge in [0.05, 0.1) is 9.88 Å². The van der Waals surface area contributed by atoms with Crippen LogP contribution in [0.3, 0.4) is 0 Å². The fraction of sp³-hybridized carbons (Fsp3) is 0.400. The Labute approximate surface area is 169 Å². The summed E-state index contributed by atoms with van der Waals surface area (Å²) in [6, 6.07) is 12.4. The highest BCUT2D eigenvalue weighted by atomic mass is 32.1. The Hall–Kier alpha value is -2.42. The van der Waals surface area contributed by atoms with Crippen LogP contribution in [-0.2, 0) is 0 Å². The van der Waals surface area contributed by atoms with Gasteiger partial charge in [0.1, 0.15) is 0 Å². The van der Waals surface area contributed by atoms with Crippen LogP contribution >= 0.6 is 11.3 Å². The van der Waals surface area contributed by atoms with Crippen molar-refractivity contribution in [2.45, 2.75) is 6.42 Å². The number of nitrogens with one attached hydrogen (secondary N) is 3. The van der Waals surface area contributed by atoms with Crippen molar-refractivity contribution < 1.29 is 9.59 Å². The Morgan fingerprint density at radius 3 is 2.50 bits per heavy atom. The van der Waals surface area contributed by atoms with Crippen molar-refractivity contribution >= 4 is 34.0 Å². The highest BCUT2D eigenvalue weighted by Gasteiger charge is 2.14. The van der Waals surface area contributed by atoms with Gasteiger partial charge >= 0.3 is 6.03 Å². The van der Waals surface area contributed by atoms with Gasteiger partial charge in [-0.1, -0.05) is 18.2 Å². The van der Waals surface area contributed by atoms with E-state index in [4.69, 9.17) is 0 Å². The summed E-state index contributed by atoms with van der Waals surface area (Å²) in [6.45, 7) is 6.06. The topological polar surface area (TPSA) is 76.7 Å². The van der Waals surface area contributed by atoms with Gasteiger partial charge < -0.3 is 20.4 Å². The standard InChI is InChI=1S/C20H27N5O2S/c1-24-12-14-25(15-13-24)11-5-10-21-19(26)17-8-9-18(28-17)23-20(27)22-16-6-3-2-4-7-16/h2-4,6-9H,5,10-15H2,1H3,(H,21,26)(H2,22,23,27). The molecule has 0 unspecified atom stereocenters. The van der Waals surface area contributed by atoms with Gasteiger partial charge in [-0.15, -0.1) is 11.3 Å². The van der Waals surface area contributed by atoms with Crippen LogP contribution in [0.25, 0.3) is 0 Å². The predicted octanol–water partition coefficient (Wildman–Crippen LogP) is 2.76. The Balaban J connectivity index is 1.37. The largest absolute Gasteiger partial charge is 0.351 e. The molecule has 0 aliphatic carbocycles. The Kier molecular flexibility index (Phi) is 7.41. The molecule has 2 heterocycles. The second-order valence-electron chi connectivity index (χ2n) is 6.86. The van der Waals surface area contributed by atoms with E-state index in [1.54, 1.807) is 12.1 Å². The van der Waals surface area contributed by atoms with Gasteiger partial charge in [-0.05, 0) is 44.3 Å². The minimum atomic E-state index is -0.327. The molecule has 2 aromatic rings. The third kappa shape index (κ3) is 6.33. The predicted molar refractivity (Wildman–Crippen MR) is 114 cm³/mol. The molecule has 3 N–H and O–H groups in total. The molecule has 0 spiro atoms. The number of hydrogen-bond donors (Lipinski definition) is 3. The van der Waals surface area contributed by atoms with E-state index in [1.165, 1.54) is 11.3 Å². The molecule has 0 saturated carbocycles. The molecular weight excluding hydrogens is 374 g/mol. The highest BCUT2D eigenvalue weighted by Crippen LogP contribution is 2.22. The van der Waals surface area contributed by atoms with Crippen molar-refractivity contribution in [3.63, 3.8) is 0 Å². The van der Waals surface area contributed by atoms with Crippen molar-refractivity contribution in [3.8, 4) is 0 Å². The second-order valence-corrected chi connectivity index (χ2v) is 7.95. The lowest BCUT2D eigenvalue weighted by molar-refractivity contribution is 0.0953. The van der Waals surface area contributed by atoms with Gasteiger partial charge in [0, 0.05) is 38.4 Å². The van der Waals surface area contributed by atoms with E-state index in [-0.39, 0.29) is 11.9 Å². The number of thiophene rings is 1. The van der Waals surface area contributed by atoms with E-state index in [9.17, 15) is 9.59 Å². The minimum absolute atomic E-state index is 0.0973. The van der Waals surface area contributed by atoms with Gasteiger partial charge in [0.15, 0.2) is 0 Å². The second kappa shape index (κ2) is 10.2. The number of likely N-dealkylation sites (N-methyl/N-ethyl adjacent to an activating group) is 1. The molecule has 0 bridgehead atoms. The molecule has 1 fully saturated rings. The molecular formula is C20H27N5O2S. The quantitative estimate of drug-likeness (QED) is 0.624. The number of para-hydroxylation sites is 1. The van der Waals surface area contributed by atoms with Crippen LogP contribution in [-0.4, -0.2) is 68.1 Å². The fourth-order valence-electron chi connectivity index (χ4n) is 2.99. The van der Waals surface area contributed by atoms with Gasteiger partial charge in [0.25, 0.3) is 5.91 Å². The van der Waals surface area contributed by atoms with Crippen molar-refractivity contribution in [1.82, 2.24) is 15.1 Å². The van der Waals surface area contributed by atoms with Crippen LogP contribution < -0.4 is 16.0 Å². The lowest BCUT2D eigenvalue weighted by Gasteiger charge is -2.32. The van der Waals surface area contributed by atoms with Gasteiger partial charge in [-0.3, -0.25) is 10.1 Å². The fourth-order valence-corrected chi connectivity index (χ4v) is 3.80. The van der Waals surface area contributed by atoms with E-state index < -0.39 is 0 Å². The summed E-state index contributed by atoms with van der Waals surface area (Å²) in [7, 11) is 2.15. The van der Waals surface area contributed by atoms with Gasteiger partial charge in [-0.2, -0.15) is 0 Å². The van der Waals surface area contributed by atoms with E-state index in [2.05, 4.69) is 32.8 Å². The van der Waals surface area contributed by atoms with E-state index >= 15 is 0 Å². The normalized spacial score (nSPS) is 15.2. The first-order chi connectivity index (χ1) is 13.6. The van der Waals surface area contributed by atoms with Crippen molar-refractivity contribution in [2.24, 2.45) is 0 Å². The Morgan fingerprint density at radius 2 is 1.75 bits per heavy atom. The van der Waals surface area contributed by atoms with E-state index in [0.29, 0.717) is 16.4 Å². The molecule has 7 nitrogen and oxygen atoms in total. The van der Waals surface area contributed by atoms with Crippen LogP contribution in [0.5, 0.6) is 0 Å². The number of rotatable bonds is 7. The number of piperazine rings is 1. The smallest absolute Gasteiger partial charge is 0.324 e. The minimum Gasteiger partial charge on any atom is -0.351 e. The summed E-state index contributed by atoms with van der Waals surface area (Å²) < 4.78 is 0. The molecule has 3 amide bonds. The summed E-state index contributed by atoms with van der Waals surface area (Å²) in [5, 5.41) is 9.11. The monoisotopic (exact) mass is 401 g/mol. The third-order valence-corrected chi connectivity index (χ3v) is 5.63. The summed E-state index contributed by atoms with van der Waals surface area (Å²) in [4.78, 5) is 29.7. The maximum absolute atomic E-state index is 12.3. The number of urea groups is 1. The first-order valence-electron chi connectivity index (χ1n) is 9.52. The average molecular weight is 402 g/mol. The van der Waals surface area contributed by atoms with Crippen molar-refractivity contribution in [1.29, 1.82) is 0 Å². The average Bonchev–Trinajstić information content (AvgIpc) is 3.15. The first-order valence-corrected chi connectivity index (χ1v) is 10.3. The number of anilines is 2. The van der Waals surface area contributed by atoms with Gasteiger partial charge in [0.2, 0.25) is 0 Å². The molecule has 1 saturated heterocycles. The first kappa shape index (κ1) is 20.3. The molecule has 3 rings (SSSR count). The van der Waals surface area contributed by atoms with Crippen LogP contribution in [0.2, 0.25) is 0 Å². The van der Waals surface area contributed by atoms with Crippen LogP contribution in [0.1, 0.15) is 16.1 Å². The van der Waals surface area contributed by atoms with E-state index in [1.807, 2.05) is 30.3 Å². The maximum atomic E-state index is 12.3. The molecule has 0 radical (unpaired) electrons. The molecule has 1 aromatic heterocycles. The van der Waals surface area contributed by atoms with Gasteiger partial charge in [-0.25, -0.2) is 4.79 Å². The molecule has 1 aliphatic rings. The Morgan fingerprint density at radius 1 is 1.00 bits per heavy atom. The number of carbonyl (C=O) groups is 2. The van der Waals surface area contributed by atoms with Crippen molar-refractivity contribution in [3.05, 3.63) is 47.3 Å². The summed E-state index contributed by atoms with van der Waals surface area (Å²) in [5.41, 5.74) is 0.717. The third-order valence-electron chi connectivity index (χ3n) is 4.63. The number of nitrogens with zero attached hydrogens (tertiary/aromatic N) is 2. The lowest BCUT2D eigenvalue weighted by atomic mass is 10.3. The van der Waals surface area contributed by atoms with Crippen LogP contribution in [0, 0.1) is 0 Å². The number of benzene rings is 1. The van der Waals surface area contributed by atoms with Crippen LogP contribution in [0.15, 0.2) is 42.5 Å². The zero-order valence-corrected chi connectivity index (χ0v) is 16.9. The zero-order chi connectivity index (χ0) is 19.8. The lowest BCUT2D eigenvalue weighted by Crippen LogP contribution is -2.45. The van der Waals surface area contributed by atoms with Crippen LogP contribution in [0.4, 0.5) is 15.5 Å². The van der Waals surface area contributed by atoms with Crippen molar-refractivity contribution in [2.75, 3.05) is 56.9 Å². The molecule has 1 aromatic carbocycles. The Bertz CT molecular complexity index is 772. The number of amides is 3. The summed E-state index contributed by atoms with van der Waals surface area (Å²) in [6.07, 6.45) is 0.936. The molecule has 28 heavy (non-hydrogen) atoms. The number of hydrogen-bond acceptors (Lipinski definition) is 5. The molecule has 1 aliphatic heterocycles. The summed E-state index contributed by atoms with van der Waals surface area (Å²) >= 11 is 1.27. The highest BCUT2D eigenvalue weighted by molar-refractivity contribution is 7.18. The SMILES string of the molecule is CN1CCN(CCCNC(=O)c2ccc(NC(=O)Nc3ccccc3)s2)CC1.